The van der Waals surface area contributed by atoms with Crippen molar-refractivity contribution in [1.82, 2.24) is 14.5 Å². The molecule has 0 saturated carbocycles. The van der Waals surface area contributed by atoms with E-state index in [0.29, 0.717) is 6.04 Å². The van der Waals surface area contributed by atoms with Crippen LogP contribution < -0.4 is 0 Å². The maximum Gasteiger partial charge on any atom is 0.264 e. The van der Waals surface area contributed by atoms with Gasteiger partial charge in [0.25, 0.3) is 5.91 Å². The van der Waals surface area contributed by atoms with Crippen LogP contribution in [0, 0.1) is 0 Å². The van der Waals surface area contributed by atoms with E-state index in [1.54, 1.807) is 11.3 Å². The molecule has 1 aliphatic carbocycles. The number of imidazole rings is 1. The topological polar surface area (TPSA) is 38.1 Å². The average Bonchev–Trinajstić information content (AvgIpc) is 3.22. The molecule has 1 saturated heterocycles. The van der Waals surface area contributed by atoms with Crippen LogP contribution in [0.3, 0.4) is 0 Å². The molecule has 1 amide bonds. The van der Waals surface area contributed by atoms with Crippen LogP contribution in [-0.4, -0.2) is 33.4 Å². The maximum absolute atomic E-state index is 12.7. The first-order valence-corrected chi connectivity index (χ1v) is 8.51. The van der Waals surface area contributed by atoms with Crippen molar-refractivity contribution in [2.75, 3.05) is 13.1 Å². The summed E-state index contributed by atoms with van der Waals surface area (Å²) < 4.78 is 2.13. The molecule has 2 aliphatic rings. The fourth-order valence-electron chi connectivity index (χ4n) is 3.46. The Kier molecular flexibility index (Phi) is 3.30. The van der Waals surface area contributed by atoms with Crippen molar-refractivity contribution in [3.05, 3.63) is 40.1 Å². The summed E-state index contributed by atoms with van der Waals surface area (Å²) in [5.74, 6) is 0.221. The molecule has 4 nitrogen and oxygen atoms in total. The smallest absolute Gasteiger partial charge is 0.264 e. The first-order valence-electron chi connectivity index (χ1n) is 7.69. The lowest BCUT2D eigenvalue weighted by Crippen LogP contribution is -2.40. The molecular weight excluding hydrogens is 282 g/mol. The number of rotatable bonds is 2. The second kappa shape index (κ2) is 5.30. The van der Waals surface area contributed by atoms with Crippen molar-refractivity contribution >= 4 is 17.2 Å². The molecule has 0 bridgehead atoms. The second-order valence-electron chi connectivity index (χ2n) is 5.97. The number of aromatic nitrogens is 2. The molecule has 0 spiro atoms. The van der Waals surface area contributed by atoms with Gasteiger partial charge in [-0.2, -0.15) is 0 Å². The highest BCUT2D eigenvalue weighted by atomic mass is 32.1. The fraction of sp³-hybridized carbons (Fsp3) is 0.500. The van der Waals surface area contributed by atoms with Gasteiger partial charge in [-0.1, -0.05) is 0 Å². The Morgan fingerprint density at radius 2 is 2.29 bits per heavy atom. The van der Waals surface area contributed by atoms with E-state index in [4.69, 9.17) is 0 Å². The highest BCUT2D eigenvalue weighted by Crippen LogP contribution is 2.32. The van der Waals surface area contributed by atoms with E-state index in [1.165, 1.54) is 16.9 Å². The Labute approximate surface area is 128 Å². The van der Waals surface area contributed by atoms with Crippen molar-refractivity contribution in [2.45, 2.75) is 38.1 Å². The SMILES string of the molecule is O=C(c1cc2c(s1)CCC2)N1CCC[C@H](n2ccnc2)C1. The normalized spacial score (nSPS) is 21.5. The van der Waals surface area contributed by atoms with Gasteiger partial charge in [-0.05, 0) is 43.7 Å². The third kappa shape index (κ3) is 2.39. The Hall–Kier alpha value is -1.62. The van der Waals surface area contributed by atoms with Gasteiger partial charge in [0, 0.05) is 30.4 Å². The van der Waals surface area contributed by atoms with Crippen molar-refractivity contribution in [3.63, 3.8) is 0 Å². The third-order valence-electron chi connectivity index (χ3n) is 4.59. The van der Waals surface area contributed by atoms with Gasteiger partial charge in [0.05, 0.1) is 17.2 Å². The maximum atomic E-state index is 12.7. The summed E-state index contributed by atoms with van der Waals surface area (Å²) in [6, 6.07) is 2.51. The number of amides is 1. The first-order chi connectivity index (χ1) is 10.3. The van der Waals surface area contributed by atoms with Crippen LogP contribution in [0.25, 0.3) is 0 Å². The molecule has 3 heterocycles. The highest BCUT2D eigenvalue weighted by molar-refractivity contribution is 7.14. The Morgan fingerprint density at radius 1 is 1.33 bits per heavy atom. The molecule has 2 aromatic rings. The van der Waals surface area contributed by atoms with Crippen LogP contribution in [0.1, 0.15) is 45.4 Å². The molecule has 0 aromatic carbocycles. The van der Waals surface area contributed by atoms with Gasteiger partial charge in [-0.15, -0.1) is 11.3 Å². The summed E-state index contributed by atoms with van der Waals surface area (Å²) in [7, 11) is 0. The minimum absolute atomic E-state index is 0.221. The van der Waals surface area contributed by atoms with E-state index in [-0.39, 0.29) is 5.91 Å². The molecule has 0 unspecified atom stereocenters. The van der Waals surface area contributed by atoms with Crippen LogP contribution >= 0.6 is 11.3 Å². The summed E-state index contributed by atoms with van der Waals surface area (Å²) in [5.41, 5.74) is 1.41. The molecule has 1 atom stereocenters. The largest absolute Gasteiger partial charge is 0.336 e. The lowest BCUT2D eigenvalue weighted by atomic mass is 10.1. The number of piperidine rings is 1. The molecule has 2 aromatic heterocycles. The molecule has 4 rings (SSSR count). The number of carbonyl (C=O) groups excluding carboxylic acids is 1. The Morgan fingerprint density at radius 3 is 3.10 bits per heavy atom. The van der Waals surface area contributed by atoms with Gasteiger partial charge in [0.15, 0.2) is 0 Å². The van der Waals surface area contributed by atoms with Gasteiger partial charge in [0.2, 0.25) is 0 Å². The van der Waals surface area contributed by atoms with E-state index in [0.717, 1.165) is 43.6 Å². The quantitative estimate of drug-likeness (QED) is 0.855. The van der Waals surface area contributed by atoms with Gasteiger partial charge in [-0.25, -0.2) is 4.98 Å². The number of carbonyl (C=O) groups is 1. The zero-order valence-electron chi connectivity index (χ0n) is 12.0. The van der Waals surface area contributed by atoms with Crippen LogP contribution in [0.4, 0.5) is 0 Å². The average molecular weight is 301 g/mol. The molecule has 0 radical (unpaired) electrons. The molecular formula is C16H19N3OS. The molecule has 1 fully saturated rings. The molecule has 21 heavy (non-hydrogen) atoms. The minimum atomic E-state index is 0.221. The van der Waals surface area contributed by atoms with E-state index in [1.807, 2.05) is 23.6 Å². The zero-order chi connectivity index (χ0) is 14.2. The van der Waals surface area contributed by atoms with Gasteiger partial charge in [-0.3, -0.25) is 4.79 Å². The van der Waals surface area contributed by atoms with Gasteiger partial charge >= 0.3 is 0 Å². The molecule has 110 valence electrons. The summed E-state index contributed by atoms with van der Waals surface area (Å²) in [6.07, 6.45) is 11.4. The third-order valence-corrected chi connectivity index (χ3v) is 5.81. The lowest BCUT2D eigenvalue weighted by Gasteiger charge is -2.33. The Bertz CT molecular complexity index is 625. The molecule has 1 aliphatic heterocycles. The summed E-state index contributed by atoms with van der Waals surface area (Å²) in [5, 5.41) is 0. The predicted octanol–water partition coefficient (Wildman–Crippen LogP) is 2.91. The van der Waals surface area contributed by atoms with Gasteiger partial charge in [0.1, 0.15) is 0 Å². The predicted molar refractivity (Wildman–Crippen MR) is 82.7 cm³/mol. The minimum Gasteiger partial charge on any atom is -0.336 e. The van der Waals surface area contributed by atoms with Crippen molar-refractivity contribution in [2.24, 2.45) is 0 Å². The van der Waals surface area contributed by atoms with Crippen molar-refractivity contribution < 1.29 is 4.79 Å². The number of fused-ring (bicyclic) bond motifs is 1. The number of hydrogen-bond donors (Lipinski definition) is 0. The standard InChI is InChI=1S/C16H19N3OS/c20-16(15-9-12-3-1-5-14(12)21-15)18-7-2-4-13(10-18)19-8-6-17-11-19/h6,8-9,11,13H,1-5,7,10H2/t13-/m0/s1. The van der Waals surface area contributed by atoms with E-state index >= 15 is 0 Å². The monoisotopic (exact) mass is 301 g/mol. The number of likely N-dealkylation sites (tertiary alicyclic amines) is 1. The summed E-state index contributed by atoms with van der Waals surface area (Å²) >= 11 is 1.71. The second-order valence-corrected chi connectivity index (χ2v) is 7.11. The lowest BCUT2D eigenvalue weighted by molar-refractivity contribution is 0.0684. The Balaban J connectivity index is 1.51. The number of nitrogens with zero attached hydrogens (tertiary/aromatic N) is 3. The highest BCUT2D eigenvalue weighted by Gasteiger charge is 2.27. The molecule has 5 heteroatoms. The van der Waals surface area contributed by atoms with Crippen molar-refractivity contribution in [1.29, 1.82) is 0 Å². The van der Waals surface area contributed by atoms with Crippen LogP contribution in [0.5, 0.6) is 0 Å². The van der Waals surface area contributed by atoms with E-state index in [2.05, 4.69) is 15.6 Å². The number of thiophene rings is 1. The number of hydrogen-bond acceptors (Lipinski definition) is 3. The van der Waals surface area contributed by atoms with Crippen LogP contribution in [0.15, 0.2) is 24.8 Å². The first kappa shape index (κ1) is 13.1. The fourth-order valence-corrected chi connectivity index (χ4v) is 4.68. The van der Waals surface area contributed by atoms with Crippen molar-refractivity contribution in [3.8, 4) is 0 Å². The summed E-state index contributed by atoms with van der Waals surface area (Å²) in [4.78, 5) is 21.2. The number of aryl methyl sites for hydroxylation is 2. The van der Waals surface area contributed by atoms with Gasteiger partial charge < -0.3 is 9.47 Å². The molecule has 0 N–H and O–H groups in total. The van der Waals surface area contributed by atoms with Crippen LogP contribution in [0.2, 0.25) is 0 Å². The van der Waals surface area contributed by atoms with E-state index in [9.17, 15) is 4.79 Å². The van der Waals surface area contributed by atoms with E-state index < -0.39 is 0 Å². The van der Waals surface area contributed by atoms with Crippen LogP contribution in [-0.2, 0) is 12.8 Å². The summed E-state index contributed by atoms with van der Waals surface area (Å²) in [6.45, 7) is 1.68. The zero-order valence-corrected chi connectivity index (χ0v) is 12.8.